The van der Waals surface area contributed by atoms with Gasteiger partial charge in [0.2, 0.25) is 0 Å². The SMILES string of the molecule is O=C([O-])CCNC(=O)Nc1ccc([N+](=O)O)cc1.[Na+]. The van der Waals surface area contributed by atoms with Crippen LogP contribution in [0.3, 0.4) is 0 Å². The number of hydrogen-bond acceptors (Lipinski definition) is 4. The van der Waals surface area contributed by atoms with Crippen molar-refractivity contribution in [1.82, 2.24) is 5.32 Å². The molecule has 0 aromatic heterocycles. The second-order valence-corrected chi connectivity index (χ2v) is 3.32. The van der Waals surface area contributed by atoms with E-state index in [1.54, 1.807) is 0 Å². The number of carbonyl (C=O) groups is 2. The number of urea groups is 1. The predicted molar refractivity (Wildman–Crippen MR) is 58.2 cm³/mol. The molecule has 0 bridgehead atoms. The van der Waals surface area contributed by atoms with Gasteiger partial charge in [0, 0.05) is 36.8 Å². The largest absolute Gasteiger partial charge is 1.00 e. The van der Waals surface area contributed by atoms with E-state index in [0.717, 1.165) is 0 Å². The van der Waals surface area contributed by atoms with Gasteiger partial charge in [-0.25, -0.2) is 10.0 Å². The number of nitrogens with zero attached hydrogens (tertiary/aromatic N) is 1. The fourth-order valence-corrected chi connectivity index (χ4v) is 1.13. The number of carboxylic acids is 1. The Labute approximate surface area is 130 Å². The second-order valence-electron chi connectivity index (χ2n) is 3.32. The summed E-state index contributed by atoms with van der Waals surface area (Å²) in [6, 6.07) is 4.86. The minimum absolute atomic E-state index is 0. The number of amides is 2. The Balaban J connectivity index is 0.00000324. The third-order valence-corrected chi connectivity index (χ3v) is 1.96. The molecule has 0 aliphatic heterocycles. The van der Waals surface area contributed by atoms with Crippen LogP contribution in [-0.4, -0.2) is 28.7 Å². The second kappa shape index (κ2) is 8.46. The van der Waals surface area contributed by atoms with Crippen LogP contribution in [0, 0.1) is 4.91 Å². The van der Waals surface area contributed by atoms with Crippen molar-refractivity contribution in [3.63, 3.8) is 0 Å². The first kappa shape index (κ1) is 17.4. The minimum Gasteiger partial charge on any atom is -0.550 e. The zero-order valence-corrected chi connectivity index (χ0v) is 12.3. The van der Waals surface area contributed by atoms with E-state index in [2.05, 4.69) is 10.6 Å². The summed E-state index contributed by atoms with van der Waals surface area (Å²) in [4.78, 5) is 31.5. The molecule has 0 heterocycles. The Hall–Kier alpha value is -1.64. The number of anilines is 1. The van der Waals surface area contributed by atoms with Gasteiger partial charge in [0.05, 0.1) is 4.91 Å². The van der Waals surface area contributed by atoms with E-state index in [1.165, 1.54) is 24.3 Å². The molecule has 0 aliphatic carbocycles. The van der Waals surface area contributed by atoms with Crippen molar-refractivity contribution in [3.05, 3.63) is 29.2 Å². The monoisotopic (exact) mass is 276 g/mol. The van der Waals surface area contributed by atoms with E-state index >= 15 is 0 Å². The van der Waals surface area contributed by atoms with E-state index in [9.17, 15) is 19.6 Å². The first-order valence-electron chi connectivity index (χ1n) is 5.00. The summed E-state index contributed by atoms with van der Waals surface area (Å²) >= 11 is 0. The van der Waals surface area contributed by atoms with Gasteiger partial charge < -0.3 is 20.5 Å². The third-order valence-electron chi connectivity index (χ3n) is 1.96. The Kier molecular flexibility index (Phi) is 7.73. The Morgan fingerprint density at radius 2 is 1.84 bits per heavy atom. The van der Waals surface area contributed by atoms with E-state index in [4.69, 9.17) is 5.21 Å². The summed E-state index contributed by atoms with van der Waals surface area (Å²) in [6.07, 6.45) is -0.276. The maximum atomic E-state index is 11.3. The van der Waals surface area contributed by atoms with Crippen LogP contribution >= 0.6 is 0 Å². The zero-order chi connectivity index (χ0) is 13.5. The van der Waals surface area contributed by atoms with Crippen LogP contribution in [0.2, 0.25) is 0 Å². The molecule has 1 aromatic rings. The van der Waals surface area contributed by atoms with Crippen LogP contribution in [0.15, 0.2) is 24.3 Å². The van der Waals surface area contributed by atoms with Gasteiger partial charge in [0.1, 0.15) is 0 Å². The summed E-state index contributed by atoms with van der Waals surface area (Å²) < 4.78 is 0. The molecule has 3 N–H and O–H groups in total. The quantitative estimate of drug-likeness (QED) is 0.385. The average molecular weight is 276 g/mol. The number of carboxylic acid groups (broad SMARTS) is 1. The number of carbonyl (C=O) groups excluding carboxylic acids is 2. The Morgan fingerprint density at radius 1 is 1.26 bits per heavy atom. The van der Waals surface area contributed by atoms with Gasteiger partial charge in [0.25, 0.3) is 4.92 Å². The standard InChI is InChI=1S/C10H11N3O5.Na/c14-9(15)5-6-11-10(16)12-7-1-3-8(4-2-7)13(17)18;/h1-4H,5-6H2,(H3-,11,12,14,15,16,17,18);/q;+1. The number of nitrogens with one attached hydrogen (secondary N) is 2. The molecule has 0 fully saturated rings. The van der Waals surface area contributed by atoms with Gasteiger partial charge in [-0.1, -0.05) is 0 Å². The first-order chi connectivity index (χ1) is 8.49. The molecule has 1 aromatic carbocycles. The van der Waals surface area contributed by atoms with Crippen molar-refractivity contribution >= 4 is 23.4 Å². The molecular weight excluding hydrogens is 265 g/mol. The Morgan fingerprint density at radius 3 is 2.32 bits per heavy atom. The first-order valence-corrected chi connectivity index (χ1v) is 5.00. The molecule has 0 saturated carbocycles. The van der Waals surface area contributed by atoms with E-state index < -0.39 is 12.0 Å². The van der Waals surface area contributed by atoms with Crippen molar-refractivity contribution in [2.45, 2.75) is 6.42 Å². The van der Waals surface area contributed by atoms with Crippen molar-refractivity contribution in [1.29, 1.82) is 0 Å². The van der Waals surface area contributed by atoms with Crippen LogP contribution in [0.4, 0.5) is 16.2 Å². The van der Waals surface area contributed by atoms with Crippen LogP contribution in [0.25, 0.3) is 0 Å². The predicted octanol–water partition coefficient (Wildman–Crippen LogP) is -3.25. The molecular formula is C10H11N3NaO5+. The van der Waals surface area contributed by atoms with Gasteiger partial charge in [-0.2, -0.15) is 0 Å². The summed E-state index contributed by atoms with van der Waals surface area (Å²) in [5.74, 6) is -1.25. The molecule has 0 unspecified atom stereocenters. The third kappa shape index (κ3) is 6.75. The molecule has 0 saturated heterocycles. The molecule has 8 nitrogen and oxygen atoms in total. The molecule has 2 amide bonds. The van der Waals surface area contributed by atoms with Gasteiger partial charge in [-0.3, -0.25) is 0 Å². The molecule has 96 valence electrons. The van der Waals surface area contributed by atoms with E-state index in [0.29, 0.717) is 5.69 Å². The Bertz CT molecular complexity index is 463. The molecule has 1 rings (SSSR count). The maximum absolute atomic E-state index is 11.3. The fourth-order valence-electron chi connectivity index (χ4n) is 1.13. The molecule has 0 aliphatic rings. The van der Waals surface area contributed by atoms with Gasteiger partial charge >= 0.3 is 41.3 Å². The average Bonchev–Trinajstić information content (AvgIpc) is 2.29. The number of hydrogen-bond donors (Lipinski definition) is 3. The van der Waals surface area contributed by atoms with Gasteiger partial charge in [-0.05, 0) is 12.1 Å². The maximum Gasteiger partial charge on any atom is 1.00 e. The van der Waals surface area contributed by atoms with Crippen molar-refractivity contribution in [3.8, 4) is 0 Å². The minimum atomic E-state index is -1.25. The zero-order valence-electron chi connectivity index (χ0n) is 10.3. The van der Waals surface area contributed by atoms with Crippen molar-refractivity contribution < 1.29 is 54.4 Å². The van der Waals surface area contributed by atoms with E-state index in [-0.39, 0.29) is 53.1 Å². The molecule has 0 spiro atoms. The molecule has 19 heavy (non-hydrogen) atoms. The van der Waals surface area contributed by atoms with Gasteiger partial charge in [-0.15, -0.1) is 0 Å². The van der Waals surface area contributed by atoms with Crippen LogP contribution < -0.4 is 45.3 Å². The molecule has 0 atom stereocenters. The summed E-state index contributed by atoms with van der Waals surface area (Å²) in [5.41, 5.74) is 0.421. The number of benzene rings is 1. The summed E-state index contributed by atoms with van der Waals surface area (Å²) in [5, 5.41) is 23.4. The molecule has 0 radical (unpaired) electrons. The van der Waals surface area contributed by atoms with Crippen molar-refractivity contribution in [2.24, 2.45) is 0 Å². The topological polar surface area (TPSA) is 122 Å². The summed E-state index contributed by atoms with van der Waals surface area (Å²) in [7, 11) is 0. The van der Waals surface area contributed by atoms with Gasteiger partial charge in [0.15, 0.2) is 0 Å². The fraction of sp³-hybridized carbons (Fsp3) is 0.200. The summed E-state index contributed by atoms with van der Waals surface area (Å²) in [6.45, 7) is -0.0444. The number of aliphatic carboxylic acids is 1. The van der Waals surface area contributed by atoms with E-state index in [1.807, 2.05) is 0 Å². The smallest absolute Gasteiger partial charge is 0.550 e. The van der Waals surface area contributed by atoms with Crippen LogP contribution in [-0.2, 0) is 4.79 Å². The normalized spacial score (nSPS) is 9.05. The van der Waals surface area contributed by atoms with Crippen LogP contribution in [0.1, 0.15) is 6.42 Å². The van der Waals surface area contributed by atoms with Crippen LogP contribution in [0.5, 0.6) is 0 Å². The van der Waals surface area contributed by atoms with Crippen molar-refractivity contribution in [2.75, 3.05) is 11.9 Å². The number of rotatable bonds is 5. The molecule has 9 heteroatoms.